The first-order valence-electron chi connectivity index (χ1n) is 4.32. The van der Waals surface area contributed by atoms with Crippen LogP contribution in [0.2, 0.25) is 0 Å². The molecule has 1 N–H and O–H groups in total. The number of carbonyl (C=O) groups excluding carboxylic acids is 1. The summed E-state index contributed by atoms with van der Waals surface area (Å²) in [7, 11) is 0. The number of hydrogen-bond acceptors (Lipinski definition) is 4. The number of pyridine rings is 1. The Morgan fingerprint density at radius 3 is 2.40 bits per heavy atom. The second-order valence-corrected chi connectivity index (χ2v) is 2.82. The van der Waals surface area contributed by atoms with Crippen LogP contribution in [0.5, 0.6) is 0 Å². The molecule has 0 aliphatic carbocycles. The Morgan fingerprint density at radius 1 is 1.07 bits per heavy atom. The molecule has 0 spiro atoms. The molecule has 1 amide bonds. The fourth-order valence-electron chi connectivity index (χ4n) is 1.05. The number of nitrogens with zero attached hydrogens (tertiary/aromatic N) is 3. The van der Waals surface area contributed by atoms with Crippen LogP contribution in [0.25, 0.3) is 0 Å². The number of aromatic nitrogens is 3. The summed E-state index contributed by atoms with van der Waals surface area (Å²) >= 11 is 0. The molecule has 0 fully saturated rings. The summed E-state index contributed by atoms with van der Waals surface area (Å²) in [6.07, 6.45) is 7.52. The molecule has 0 saturated heterocycles. The molecule has 2 aromatic rings. The van der Waals surface area contributed by atoms with Crippen molar-refractivity contribution in [2.24, 2.45) is 0 Å². The maximum atomic E-state index is 11.6. The second-order valence-electron chi connectivity index (χ2n) is 2.82. The first-order valence-corrected chi connectivity index (χ1v) is 4.32. The summed E-state index contributed by atoms with van der Waals surface area (Å²) < 4.78 is 0. The van der Waals surface area contributed by atoms with Crippen molar-refractivity contribution in [2.45, 2.75) is 0 Å². The zero-order chi connectivity index (χ0) is 10.5. The Bertz CT molecular complexity index is 443. The summed E-state index contributed by atoms with van der Waals surface area (Å²) in [4.78, 5) is 23.0. The molecule has 0 saturated carbocycles. The van der Waals surface area contributed by atoms with E-state index in [0.29, 0.717) is 11.3 Å². The summed E-state index contributed by atoms with van der Waals surface area (Å²) in [5.74, 6) is -0.234. The molecule has 0 bridgehead atoms. The van der Waals surface area contributed by atoms with Crippen molar-refractivity contribution in [3.63, 3.8) is 0 Å². The highest BCUT2D eigenvalue weighted by Crippen LogP contribution is 2.05. The number of rotatable bonds is 2. The summed E-state index contributed by atoms with van der Waals surface area (Å²) in [5.41, 5.74) is 1.12. The Morgan fingerprint density at radius 2 is 1.73 bits per heavy atom. The maximum Gasteiger partial charge on any atom is 0.258 e. The fraction of sp³-hybridized carbons (Fsp3) is 0. The van der Waals surface area contributed by atoms with Crippen LogP contribution in [0.3, 0.4) is 0 Å². The average molecular weight is 200 g/mol. The average Bonchev–Trinajstić information content (AvgIpc) is 2.31. The first kappa shape index (κ1) is 9.26. The monoisotopic (exact) mass is 200 g/mol. The highest BCUT2D eigenvalue weighted by Gasteiger charge is 2.05. The highest BCUT2D eigenvalue weighted by atomic mass is 16.1. The van der Waals surface area contributed by atoms with Gasteiger partial charge in [0.25, 0.3) is 5.91 Å². The number of hydrogen-bond donors (Lipinski definition) is 1. The number of carbonyl (C=O) groups is 1. The van der Waals surface area contributed by atoms with Crippen molar-refractivity contribution < 1.29 is 4.79 Å². The molecule has 0 aromatic carbocycles. The van der Waals surface area contributed by atoms with Crippen molar-refractivity contribution in [3.8, 4) is 0 Å². The van der Waals surface area contributed by atoms with Gasteiger partial charge in [-0.3, -0.25) is 9.78 Å². The lowest BCUT2D eigenvalue weighted by molar-refractivity contribution is 0.102. The lowest BCUT2D eigenvalue weighted by atomic mass is 10.3. The van der Waals surface area contributed by atoms with Gasteiger partial charge in [-0.05, 0) is 12.1 Å². The molecule has 0 unspecified atom stereocenters. The molecule has 2 rings (SSSR count). The normalized spacial score (nSPS) is 9.60. The molecule has 2 aromatic heterocycles. The number of amides is 1. The van der Waals surface area contributed by atoms with E-state index in [4.69, 9.17) is 0 Å². The van der Waals surface area contributed by atoms with E-state index in [1.165, 1.54) is 18.7 Å². The largest absolute Gasteiger partial charge is 0.322 e. The van der Waals surface area contributed by atoms with Crippen LogP contribution in [-0.4, -0.2) is 20.9 Å². The van der Waals surface area contributed by atoms with Crippen LogP contribution in [0, 0.1) is 0 Å². The van der Waals surface area contributed by atoms with Crippen molar-refractivity contribution in [1.29, 1.82) is 0 Å². The summed E-state index contributed by atoms with van der Waals surface area (Å²) in [5, 5.41) is 2.70. The van der Waals surface area contributed by atoms with E-state index >= 15 is 0 Å². The Balaban J connectivity index is 2.12. The van der Waals surface area contributed by atoms with E-state index in [-0.39, 0.29) is 5.91 Å². The van der Waals surface area contributed by atoms with Crippen LogP contribution >= 0.6 is 0 Å². The Kier molecular flexibility index (Phi) is 2.64. The van der Waals surface area contributed by atoms with Gasteiger partial charge >= 0.3 is 0 Å². The van der Waals surface area contributed by atoms with Gasteiger partial charge < -0.3 is 5.32 Å². The van der Waals surface area contributed by atoms with E-state index in [0.717, 1.165) is 0 Å². The van der Waals surface area contributed by atoms with E-state index in [2.05, 4.69) is 20.3 Å². The minimum atomic E-state index is -0.234. The molecule has 0 aliphatic heterocycles. The van der Waals surface area contributed by atoms with Crippen molar-refractivity contribution in [2.75, 3.05) is 5.32 Å². The van der Waals surface area contributed by atoms with Gasteiger partial charge in [-0.1, -0.05) is 0 Å². The van der Waals surface area contributed by atoms with Crippen LogP contribution in [0.15, 0.2) is 43.2 Å². The van der Waals surface area contributed by atoms with Crippen LogP contribution in [0.4, 0.5) is 5.69 Å². The smallest absolute Gasteiger partial charge is 0.258 e. The minimum absolute atomic E-state index is 0.234. The van der Waals surface area contributed by atoms with Gasteiger partial charge in [0.05, 0.1) is 5.56 Å². The SMILES string of the molecule is O=C(Nc1ccncc1)c1cncnc1. The Labute approximate surface area is 86.2 Å². The standard InChI is InChI=1S/C10H8N4O/c15-10(8-5-12-7-13-6-8)14-9-1-3-11-4-2-9/h1-7H,(H,11,14,15). The van der Waals surface area contributed by atoms with Crippen molar-refractivity contribution in [1.82, 2.24) is 15.0 Å². The molecule has 0 aliphatic rings. The molecule has 2 heterocycles. The van der Waals surface area contributed by atoms with Crippen LogP contribution < -0.4 is 5.32 Å². The topological polar surface area (TPSA) is 67.8 Å². The fourth-order valence-corrected chi connectivity index (χ4v) is 1.05. The third-order valence-corrected chi connectivity index (χ3v) is 1.76. The highest BCUT2D eigenvalue weighted by molar-refractivity contribution is 6.03. The third kappa shape index (κ3) is 2.34. The molecule has 74 valence electrons. The van der Waals surface area contributed by atoms with Crippen molar-refractivity contribution in [3.05, 3.63) is 48.8 Å². The van der Waals surface area contributed by atoms with E-state index in [1.807, 2.05) is 0 Å². The van der Waals surface area contributed by atoms with E-state index in [9.17, 15) is 4.79 Å². The zero-order valence-electron chi connectivity index (χ0n) is 7.79. The van der Waals surface area contributed by atoms with Crippen molar-refractivity contribution >= 4 is 11.6 Å². The number of nitrogens with one attached hydrogen (secondary N) is 1. The third-order valence-electron chi connectivity index (χ3n) is 1.76. The van der Waals surface area contributed by atoms with Gasteiger partial charge in [0.2, 0.25) is 0 Å². The van der Waals surface area contributed by atoms with Crippen LogP contribution in [0.1, 0.15) is 10.4 Å². The Hall–Kier alpha value is -2.30. The van der Waals surface area contributed by atoms with Gasteiger partial charge in [0.15, 0.2) is 0 Å². The molecular weight excluding hydrogens is 192 g/mol. The zero-order valence-corrected chi connectivity index (χ0v) is 7.79. The predicted molar refractivity (Wildman–Crippen MR) is 54.2 cm³/mol. The quantitative estimate of drug-likeness (QED) is 0.788. The minimum Gasteiger partial charge on any atom is -0.322 e. The van der Waals surface area contributed by atoms with Gasteiger partial charge in [0, 0.05) is 30.5 Å². The van der Waals surface area contributed by atoms with Gasteiger partial charge in [0.1, 0.15) is 6.33 Å². The van der Waals surface area contributed by atoms with E-state index < -0.39 is 0 Å². The molecule has 5 nitrogen and oxygen atoms in total. The van der Waals surface area contributed by atoms with Gasteiger partial charge in [-0.25, -0.2) is 9.97 Å². The maximum absolute atomic E-state index is 11.6. The van der Waals surface area contributed by atoms with Gasteiger partial charge in [-0.2, -0.15) is 0 Å². The second kappa shape index (κ2) is 4.28. The lowest BCUT2D eigenvalue weighted by Crippen LogP contribution is -2.12. The number of anilines is 1. The van der Waals surface area contributed by atoms with Gasteiger partial charge in [-0.15, -0.1) is 0 Å². The lowest BCUT2D eigenvalue weighted by Gasteiger charge is -2.02. The molecule has 15 heavy (non-hydrogen) atoms. The van der Waals surface area contributed by atoms with Crippen LogP contribution in [-0.2, 0) is 0 Å². The summed E-state index contributed by atoms with van der Waals surface area (Å²) in [6.45, 7) is 0. The molecule has 0 atom stereocenters. The predicted octanol–water partition coefficient (Wildman–Crippen LogP) is 1.12. The first-order chi connectivity index (χ1) is 7.36. The molecule has 0 radical (unpaired) electrons. The molecule has 5 heteroatoms. The van der Waals surface area contributed by atoms with E-state index in [1.54, 1.807) is 24.5 Å². The summed E-state index contributed by atoms with van der Waals surface area (Å²) in [6, 6.07) is 3.42. The molecular formula is C10H8N4O.